The van der Waals surface area contributed by atoms with E-state index in [1.165, 1.54) is 24.5 Å². The van der Waals surface area contributed by atoms with Crippen LogP contribution in [0.25, 0.3) is 0 Å². The molecule has 0 aromatic carbocycles. The molecule has 12 heteroatoms. The fourth-order valence-electron chi connectivity index (χ4n) is 3.43. The Morgan fingerprint density at radius 2 is 1.18 bits per heavy atom. The van der Waals surface area contributed by atoms with Crippen LogP contribution >= 0.6 is 0 Å². The van der Waals surface area contributed by atoms with Gasteiger partial charge in [-0.1, -0.05) is 13.8 Å². The van der Waals surface area contributed by atoms with Crippen LogP contribution in [0.3, 0.4) is 0 Å². The Morgan fingerprint density at radius 3 is 1.52 bits per heavy atom. The SMILES string of the molecule is CCCn1cc([N+](=O)[O-])cc1C(=O)NCCCCCNC(=O)c1cc([N+](=O)[O-])cn1CCC. The number of nitro groups is 2. The number of rotatable bonds is 14. The Labute approximate surface area is 191 Å². The van der Waals surface area contributed by atoms with Crippen molar-refractivity contribution in [1.82, 2.24) is 19.8 Å². The Bertz CT molecular complexity index is 917. The lowest BCUT2D eigenvalue weighted by Gasteiger charge is -2.09. The molecule has 0 aliphatic carbocycles. The molecule has 0 bridgehead atoms. The van der Waals surface area contributed by atoms with Crippen molar-refractivity contribution < 1.29 is 19.4 Å². The van der Waals surface area contributed by atoms with Crippen LogP contribution < -0.4 is 10.6 Å². The van der Waals surface area contributed by atoms with Crippen molar-refractivity contribution >= 4 is 23.2 Å². The summed E-state index contributed by atoms with van der Waals surface area (Å²) < 4.78 is 3.17. The maximum absolute atomic E-state index is 12.4. The molecule has 0 atom stereocenters. The summed E-state index contributed by atoms with van der Waals surface area (Å²) in [6.07, 6.45) is 6.32. The van der Waals surface area contributed by atoms with E-state index in [0.29, 0.717) is 39.0 Å². The van der Waals surface area contributed by atoms with Crippen molar-refractivity contribution in [3.63, 3.8) is 0 Å². The predicted molar refractivity (Wildman–Crippen MR) is 121 cm³/mol. The summed E-state index contributed by atoms with van der Waals surface area (Å²) in [5.41, 5.74) is 0.305. The van der Waals surface area contributed by atoms with E-state index >= 15 is 0 Å². The molecule has 33 heavy (non-hydrogen) atoms. The van der Waals surface area contributed by atoms with Crippen LogP contribution in [0.5, 0.6) is 0 Å². The molecular weight excluding hydrogens is 432 g/mol. The molecule has 2 aromatic rings. The molecule has 2 amide bonds. The van der Waals surface area contributed by atoms with E-state index in [2.05, 4.69) is 10.6 Å². The molecule has 0 aliphatic heterocycles. The average molecular weight is 463 g/mol. The van der Waals surface area contributed by atoms with Crippen LogP contribution in [0.2, 0.25) is 0 Å². The molecule has 0 unspecified atom stereocenters. The molecule has 0 aliphatic rings. The third-order valence-corrected chi connectivity index (χ3v) is 5.00. The minimum Gasteiger partial charge on any atom is -0.351 e. The molecule has 0 fully saturated rings. The molecule has 0 spiro atoms. The zero-order valence-electron chi connectivity index (χ0n) is 18.9. The molecule has 2 N–H and O–H groups in total. The van der Waals surface area contributed by atoms with Crippen molar-refractivity contribution in [3.05, 3.63) is 56.1 Å². The minimum absolute atomic E-state index is 0.111. The number of carbonyl (C=O) groups excluding carboxylic acids is 2. The van der Waals surface area contributed by atoms with E-state index in [4.69, 9.17) is 0 Å². The Hall–Kier alpha value is -3.70. The normalized spacial score (nSPS) is 10.7. The lowest BCUT2D eigenvalue weighted by molar-refractivity contribution is -0.385. The maximum Gasteiger partial charge on any atom is 0.287 e. The van der Waals surface area contributed by atoms with Crippen LogP contribution in [-0.2, 0) is 13.1 Å². The average Bonchev–Trinajstić information content (AvgIpc) is 3.38. The third kappa shape index (κ3) is 7.16. The molecule has 180 valence electrons. The summed E-state index contributed by atoms with van der Waals surface area (Å²) in [5.74, 6) is -0.716. The number of amides is 2. The zero-order chi connectivity index (χ0) is 24.4. The van der Waals surface area contributed by atoms with E-state index in [9.17, 15) is 29.8 Å². The summed E-state index contributed by atoms with van der Waals surface area (Å²) in [4.78, 5) is 45.7. The number of hydrogen-bond acceptors (Lipinski definition) is 6. The van der Waals surface area contributed by atoms with Crippen LogP contribution in [-0.4, -0.2) is 43.9 Å². The number of aromatic nitrogens is 2. The highest BCUT2D eigenvalue weighted by Gasteiger charge is 2.20. The summed E-state index contributed by atoms with van der Waals surface area (Å²) >= 11 is 0. The Morgan fingerprint density at radius 1 is 0.788 bits per heavy atom. The first-order valence-electron chi connectivity index (χ1n) is 11.0. The summed E-state index contributed by atoms with van der Waals surface area (Å²) in [6.45, 7) is 5.69. The number of hydrogen-bond donors (Lipinski definition) is 2. The third-order valence-electron chi connectivity index (χ3n) is 5.00. The van der Waals surface area contributed by atoms with Gasteiger partial charge in [-0.15, -0.1) is 0 Å². The second kappa shape index (κ2) is 12.4. The number of aryl methyl sites for hydroxylation is 2. The minimum atomic E-state index is -0.519. The largest absolute Gasteiger partial charge is 0.351 e. The highest BCUT2D eigenvalue weighted by molar-refractivity contribution is 5.94. The smallest absolute Gasteiger partial charge is 0.287 e. The summed E-state index contributed by atoms with van der Waals surface area (Å²) in [7, 11) is 0. The van der Waals surface area contributed by atoms with Crippen LogP contribution in [0.4, 0.5) is 11.4 Å². The first-order valence-corrected chi connectivity index (χ1v) is 11.0. The quantitative estimate of drug-likeness (QED) is 0.249. The van der Waals surface area contributed by atoms with Gasteiger partial charge in [0.25, 0.3) is 23.2 Å². The van der Waals surface area contributed by atoms with Gasteiger partial charge in [-0.05, 0) is 32.1 Å². The second-order valence-corrected chi connectivity index (χ2v) is 7.64. The first-order chi connectivity index (χ1) is 15.8. The van der Waals surface area contributed by atoms with Crippen molar-refractivity contribution in [2.45, 2.75) is 59.0 Å². The maximum atomic E-state index is 12.4. The molecule has 0 saturated heterocycles. The molecule has 12 nitrogen and oxygen atoms in total. The van der Waals surface area contributed by atoms with Crippen LogP contribution in [0.15, 0.2) is 24.5 Å². The van der Waals surface area contributed by atoms with Gasteiger partial charge >= 0.3 is 0 Å². The van der Waals surface area contributed by atoms with Crippen molar-refractivity contribution in [1.29, 1.82) is 0 Å². The van der Waals surface area contributed by atoms with E-state index in [1.807, 2.05) is 13.8 Å². The lowest BCUT2D eigenvalue weighted by Crippen LogP contribution is -2.28. The van der Waals surface area contributed by atoms with Gasteiger partial charge in [0.15, 0.2) is 0 Å². The highest BCUT2D eigenvalue weighted by Crippen LogP contribution is 2.18. The molecule has 2 aromatic heterocycles. The first kappa shape index (κ1) is 25.6. The topological polar surface area (TPSA) is 154 Å². The van der Waals surface area contributed by atoms with Gasteiger partial charge in [0, 0.05) is 38.3 Å². The lowest BCUT2D eigenvalue weighted by atomic mass is 10.2. The molecule has 0 saturated carbocycles. The van der Waals surface area contributed by atoms with Gasteiger partial charge in [0.05, 0.1) is 22.2 Å². The summed E-state index contributed by atoms with van der Waals surface area (Å²) in [5, 5.41) is 27.5. The monoisotopic (exact) mass is 462 g/mol. The van der Waals surface area contributed by atoms with Crippen LogP contribution in [0.1, 0.15) is 66.9 Å². The molecular formula is C21H30N6O6. The Balaban J connectivity index is 1.74. The van der Waals surface area contributed by atoms with Gasteiger partial charge in [0.2, 0.25) is 0 Å². The standard InChI is InChI=1S/C21H30N6O6/c1-3-10-24-14-16(26(30)31)12-18(24)20(28)22-8-6-5-7-9-23-21(29)19-13-17(27(32)33)15-25(19)11-4-2/h12-15H,3-11H2,1-2H3,(H,22,28)(H,23,29). The van der Waals surface area contributed by atoms with Gasteiger partial charge in [-0.2, -0.15) is 0 Å². The number of nitrogens with one attached hydrogen (secondary N) is 2. The number of carbonyl (C=O) groups is 2. The fraction of sp³-hybridized carbons (Fsp3) is 0.524. The molecule has 2 rings (SSSR count). The van der Waals surface area contributed by atoms with Gasteiger partial charge in [0.1, 0.15) is 11.4 Å². The molecule has 2 heterocycles. The fourth-order valence-corrected chi connectivity index (χ4v) is 3.43. The van der Waals surface area contributed by atoms with E-state index in [-0.39, 0.29) is 34.6 Å². The number of unbranched alkanes of at least 4 members (excludes halogenated alkanes) is 2. The number of nitrogens with zero attached hydrogens (tertiary/aromatic N) is 4. The summed E-state index contributed by atoms with van der Waals surface area (Å²) in [6, 6.07) is 2.55. The van der Waals surface area contributed by atoms with E-state index in [1.54, 1.807) is 9.13 Å². The van der Waals surface area contributed by atoms with Crippen LogP contribution in [0, 0.1) is 20.2 Å². The second-order valence-electron chi connectivity index (χ2n) is 7.64. The highest BCUT2D eigenvalue weighted by atomic mass is 16.6. The van der Waals surface area contributed by atoms with E-state index < -0.39 is 9.85 Å². The van der Waals surface area contributed by atoms with Crippen molar-refractivity contribution in [2.24, 2.45) is 0 Å². The van der Waals surface area contributed by atoms with Crippen molar-refractivity contribution in [2.75, 3.05) is 13.1 Å². The zero-order valence-corrected chi connectivity index (χ0v) is 18.9. The molecule has 0 radical (unpaired) electrons. The van der Waals surface area contributed by atoms with Gasteiger partial charge in [-0.3, -0.25) is 29.8 Å². The van der Waals surface area contributed by atoms with E-state index in [0.717, 1.165) is 19.3 Å². The van der Waals surface area contributed by atoms with Gasteiger partial charge < -0.3 is 19.8 Å². The van der Waals surface area contributed by atoms with Gasteiger partial charge in [-0.25, -0.2) is 0 Å². The Kier molecular flexibility index (Phi) is 9.58. The van der Waals surface area contributed by atoms with Crippen molar-refractivity contribution in [3.8, 4) is 0 Å². The predicted octanol–water partition coefficient (Wildman–Crippen LogP) is 3.26.